The molecule has 0 bridgehead atoms. The van der Waals surface area contributed by atoms with Crippen LogP contribution in [0.4, 0.5) is 0 Å². The maximum absolute atomic E-state index is 12.2. The maximum Gasteiger partial charge on any atom is 0.243 e. The zero-order valence-electron chi connectivity index (χ0n) is 13.1. The highest BCUT2D eigenvalue weighted by Gasteiger charge is 2.23. The lowest BCUT2D eigenvalue weighted by Crippen LogP contribution is -2.42. The molecule has 2 atom stereocenters. The van der Waals surface area contributed by atoms with Crippen LogP contribution < -0.4 is 5.32 Å². The highest BCUT2D eigenvalue weighted by Crippen LogP contribution is 2.24. The summed E-state index contributed by atoms with van der Waals surface area (Å²) in [6, 6.07) is 7.55. The molecule has 1 heterocycles. The first-order chi connectivity index (χ1) is 11.1. The summed E-state index contributed by atoms with van der Waals surface area (Å²) in [4.78, 5) is 13.5. The van der Waals surface area contributed by atoms with Crippen LogP contribution in [0.1, 0.15) is 32.6 Å². The largest absolute Gasteiger partial charge is 0.351 e. The number of benzene rings is 1. The van der Waals surface area contributed by atoms with E-state index in [0.717, 1.165) is 6.42 Å². The van der Waals surface area contributed by atoms with Crippen LogP contribution in [0.5, 0.6) is 0 Å². The molecule has 6 nitrogen and oxygen atoms in total. The number of hydrogen-bond acceptors (Lipinski definition) is 4. The van der Waals surface area contributed by atoms with Gasteiger partial charge in [-0.2, -0.15) is 4.80 Å². The molecule has 0 radical (unpaired) electrons. The monoisotopic (exact) mass is 333 g/mol. The number of carbonyl (C=O) groups excluding carboxylic acids is 1. The molecule has 1 aliphatic rings. The van der Waals surface area contributed by atoms with E-state index >= 15 is 0 Å². The summed E-state index contributed by atoms with van der Waals surface area (Å²) in [6.07, 6.45) is 4.64. The molecule has 2 aromatic rings. The highest BCUT2D eigenvalue weighted by molar-refractivity contribution is 6.33. The number of nitrogens with one attached hydrogen (secondary N) is 1. The fraction of sp³-hybridized carbons (Fsp3) is 0.500. The van der Waals surface area contributed by atoms with Crippen LogP contribution in [0.2, 0.25) is 5.02 Å². The second-order valence-corrected chi connectivity index (χ2v) is 6.47. The average Bonchev–Trinajstić information content (AvgIpc) is 2.98. The Balaban J connectivity index is 1.62. The van der Waals surface area contributed by atoms with Crippen LogP contribution in [-0.4, -0.2) is 32.2 Å². The van der Waals surface area contributed by atoms with Crippen LogP contribution in [0, 0.1) is 5.92 Å². The van der Waals surface area contributed by atoms with Crippen molar-refractivity contribution in [1.82, 2.24) is 25.5 Å². The van der Waals surface area contributed by atoms with Crippen molar-refractivity contribution in [2.45, 2.75) is 45.2 Å². The third kappa shape index (κ3) is 3.88. The van der Waals surface area contributed by atoms with E-state index in [9.17, 15) is 4.79 Å². The van der Waals surface area contributed by atoms with Crippen LogP contribution in [0.3, 0.4) is 0 Å². The van der Waals surface area contributed by atoms with Gasteiger partial charge in [-0.15, -0.1) is 10.2 Å². The van der Waals surface area contributed by atoms with Crippen molar-refractivity contribution in [2.75, 3.05) is 0 Å². The van der Waals surface area contributed by atoms with Gasteiger partial charge in [-0.05, 0) is 36.1 Å². The molecule has 1 aromatic carbocycles. The standard InChI is InChI=1S/C16H20ClN5O/c1-11-6-2-5-9-14(11)18-15(23)10-22-20-16(19-21-22)12-7-3-4-8-13(12)17/h3-4,7-8,11,14H,2,5-6,9-10H2,1H3,(H,18,23)/t11-,14-/m1/s1. The Labute approximate surface area is 140 Å². The molecule has 1 aliphatic carbocycles. The first-order valence-electron chi connectivity index (χ1n) is 7.95. The van der Waals surface area contributed by atoms with Crippen LogP contribution >= 0.6 is 11.6 Å². The second-order valence-electron chi connectivity index (χ2n) is 6.06. The van der Waals surface area contributed by atoms with Crippen molar-refractivity contribution >= 4 is 17.5 Å². The second kappa shape index (κ2) is 7.08. The maximum atomic E-state index is 12.2. The van der Waals surface area contributed by atoms with Crippen molar-refractivity contribution in [2.24, 2.45) is 5.92 Å². The van der Waals surface area contributed by atoms with Crippen molar-refractivity contribution < 1.29 is 4.79 Å². The molecule has 1 fully saturated rings. The van der Waals surface area contributed by atoms with Gasteiger partial charge < -0.3 is 5.32 Å². The van der Waals surface area contributed by atoms with Gasteiger partial charge in [-0.25, -0.2) is 0 Å². The zero-order valence-corrected chi connectivity index (χ0v) is 13.8. The van der Waals surface area contributed by atoms with Gasteiger partial charge in [0.1, 0.15) is 6.54 Å². The third-order valence-corrected chi connectivity index (χ3v) is 4.64. The van der Waals surface area contributed by atoms with Crippen molar-refractivity contribution in [3.8, 4) is 11.4 Å². The van der Waals surface area contributed by atoms with E-state index in [0.29, 0.717) is 22.3 Å². The minimum atomic E-state index is -0.0770. The van der Waals surface area contributed by atoms with Crippen LogP contribution in [0.25, 0.3) is 11.4 Å². The summed E-state index contributed by atoms with van der Waals surface area (Å²) in [7, 11) is 0. The normalized spacial score (nSPS) is 21.1. The Hall–Kier alpha value is -1.95. The molecule has 0 unspecified atom stereocenters. The topological polar surface area (TPSA) is 72.7 Å². The number of hydrogen-bond donors (Lipinski definition) is 1. The van der Waals surface area contributed by atoms with Gasteiger partial charge in [0.05, 0.1) is 5.02 Å². The molecule has 1 amide bonds. The smallest absolute Gasteiger partial charge is 0.243 e. The summed E-state index contributed by atoms with van der Waals surface area (Å²) in [5.41, 5.74) is 0.710. The molecule has 0 aliphatic heterocycles. The molecule has 1 aromatic heterocycles. The highest BCUT2D eigenvalue weighted by atomic mass is 35.5. The molecule has 0 saturated heterocycles. The zero-order chi connectivity index (χ0) is 16.2. The molecule has 1 N–H and O–H groups in total. The van der Waals surface area contributed by atoms with Crippen molar-refractivity contribution in [1.29, 1.82) is 0 Å². The summed E-state index contributed by atoms with van der Waals surface area (Å²) < 4.78 is 0. The molecule has 7 heteroatoms. The third-order valence-electron chi connectivity index (χ3n) is 4.31. The summed E-state index contributed by atoms with van der Waals surface area (Å²) in [5.74, 6) is 0.872. The minimum absolute atomic E-state index is 0.0701. The number of tetrazole rings is 1. The molecule has 0 spiro atoms. The Kier molecular flexibility index (Phi) is 4.91. The van der Waals surface area contributed by atoms with E-state index in [2.05, 4.69) is 27.7 Å². The van der Waals surface area contributed by atoms with Crippen molar-refractivity contribution in [3.63, 3.8) is 0 Å². The first kappa shape index (κ1) is 15.9. The van der Waals surface area contributed by atoms with Gasteiger partial charge in [0.15, 0.2) is 0 Å². The fourth-order valence-corrected chi connectivity index (χ4v) is 3.19. The predicted molar refractivity (Wildman–Crippen MR) is 87.8 cm³/mol. The van der Waals surface area contributed by atoms with Gasteiger partial charge in [0, 0.05) is 11.6 Å². The number of aromatic nitrogens is 4. The van der Waals surface area contributed by atoms with Gasteiger partial charge in [0.2, 0.25) is 11.7 Å². The van der Waals surface area contributed by atoms with E-state index in [1.54, 1.807) is 6.07 Å². The number of rotatable bonds is 4. The molecule has 3 rings (SSSR count). The van der Waals surface area contributed by atoms with Gasteiger partial charge >= 0.3 is 0 Å². The van der Waals surface area contributed by atoms with E-state index in [4.69, 9.17) is 11.6 Å². The Bertz CT molecular complexity index is 687. The lowest BCUT2D eigenvalue weighted by Gasteiger charge is -2.29. The number of halogens is 1. The average molecular weight is 334 g/mol. The summed E-state index contributed by atoms with van der Waals surface area (Å²) in [5, 5.41) is 15.8. The van der Waals surface area contributed by atoms with E-state index in [-0.39, 0.29) is 18.5 Å². The Morgan fingerprint density at radius 2 is 2.13 bits per heavy atom. The van der Waals surface area contributed by atoms with Gasteiger partial charge in [-0.1, -0.05) is 43.5 Å². The van der Waals surface area contributed by atoms with E-state index in [1.807, 2.05) is 18.2 Å². The first-order valence-corrected chi connectivity index (χ1v) is 8.33. The summed E-state index contributed by atoms with van der Waals surface area (Å²) in [6.45, 7) is 2.26. The number of amides is 1. The lowest BCUT2D eigenvalue weighted by atomic mass is 9.86. The Morgan fingerprint density at radius 1 is 1.35 bits per heavy atom. The summed E-state index contributed by atoms with van der Waals surface area (Å²) >= 11 is 6.12. The molecular formula is C16H20ClN5O. The minimum Gasteiger partial charge on any atom is -0.351 e. The predicted octanol–water partition coefficient (Wildman–Crippen LogP) is 2.69. The fourth-order valence-electron chi connectivity index (χ4n) is 2.97. The lowest BCUT2D eigenvalue weighted by molar-refractivity contribution is -0.123. The SMILES string of the molecule is C[C@@H]1CCCC[C@H]1NC(=O)Cn1nnc(-c2ccccc2Cl)n1. The van der Waals surface area contributed by atoms with E-state index in [1.165, 1.54) is 24.1 Å². The molecule has 122 valence electrons. The molecule has 23 heavy (non-hydrogen) atoms. The van der Waals surface area contributed by atoms with E-state index < -0.39 is 0 Å². The molecule has 1 saturated carbocycles. The van der Waals surface area contributed by atoms with Crippen LogP contribution in [-0.2, 0) is 11.3 Å². The quantitative estimate of drug-likeness (QED) is 0.933. The van der Waals surface area contributed by atoms with Crippen molar-refractivity contribution in [3.05, 3.63) is 29.3 Å². The van der Waals surface area contributed by atoms with Crippen LogP contribution in [0.15, 0.2) is 24.3 Å². The van der Waals surface area contributed by atoms with Gasteiger partial charge in [-0.3, -0.25) is 4.79 Å². The Morgan fingerprint density at radius 3 is 2.91 bits per heavy atom. The van der Waals surface area contributed by atoms with Gasteiger partial charge in [0.25, 0.3) is 0 Å². The molecular weight excluding hydrogens is 314 g/mol. The number of nitrogens with zero attached hydrogens (tertiary/aromatic N) is 4. The number of carbonyl (C=O) groups is 1.